The van der Waals surface area contributed by atoms with Gasteiger partial charge in [-0.25, -0.2) is 0 Å². The molecule has 0 fully saturated rings. The molecule has 0 heterocycles. The highest BCUT2D eigenvalue weighted by Crippen LogP contribution is 2.30. The van der Waals surface area contributed by atoms with Crippen molar-refractivity contribution in [2.45, 2.75) is 52.4 Å². The standard InChI is InChI=1S/C16H22F3NO2/c1-10(20-14(22)9-13(21)15(2,3)4)11-6-5-7-12(8-11)16(17,18)19/h5-8,10,13,21H,9H2,1-4H3,(H,20,22)/t10-,13-/m0/s1. The first kappa shape index (κ1) is 18.5. The molecular weight excluding hydrogens is 295 g/mol. The van der Waals surface area contributed by atoms with Gasteiger partial charge >= 0.3 is 6.18 Å². The van der Waals surface area contributed by atoms with Crippen molar-refractivity contribution in [1.82, 2.24) is 5.32 Å². The summed E-state index contributed by atoms with van der Waals surface area (Å²) in [6, 6.07) is 4.28. The predicted molar refractivity (Wildman–Crippen MR) is 78.1 cm³/mol. The Kier molecular flexibility index (Phi) is 5.62. The van der Waals surface area contributed by atoms with E-state index in [1.54, 1.807) is 27.7 Å². The average Bonchev–Trinajstić information content (AvgIpc) is 2.36. The number of amides is 1. The van der Waals surface area contributed by atoms with E-state index in [9.17, 15) is 23.1 Å². The lowest BCUT2D eigenvalue weighted by Gasteiger charge is -2.26. The first-order valence-corrected chi connectivity index (χ1v) is 7.06. The molecule has 0 aliphatic rings. The molecule has 0 spiro atoms. The number of aliphatic hydroxyl groups is 1. The third-order valence-corrected chi connectivity index (χ3v) is 3.47. The Morgan fingerprint density at radius 3 is 2.36 bits per heavy atom. The van der Waals surface area contributed by atoms with Crippen LogP contribution in [0.4, 0.5) is 13.2 Å². The van der Waals surface area contributed by atoms with Crippen LogP contribution in [0.15, 0.2) is 24.3 Å². The summed E-state index contributed by atoms with van der Waals surface area (Å²) in [5.41, 5.74) is -0.814. The molecule has 0 radical (unpaired) electrons. The zero-order chi connectivity index (χ0) is 17.1. The van der Waals surface area contributed by atoms with Crippen LogP contribution >= 0.6 is 0 Å². The lowest BCUT2D eigenvalue weighted by Crippen LogP contribution is -2.35. The summed E-state index contributed by atoms with van der Waals surface area (Å²) in [6.07, 6.45) is -5.32. The van der Waals surface area contributed by atoms with Crippen LogP contribution in [0.1, 0.15) is 51.3 Å². The van der Waals surface area contributed by atoms with Gasteiger partial charge in [-0.1, -0.05) is 32.9 Å². The van der Waals surface area contributed by atoms with E-state index in [1.165, 1.54) is 12.1 Å². The van der Waals surface area contributed by atoms with Gasteiger partial charge in [0.15, 0.2) is 0 Å². The van der Waals surface area contributed by atoms with Gasteiger partial charge in [0.25, 0.3) is 0 Å². The molecule has 0 aliphatic carbocycles. The van der Waals surface area contributed by atoms with Crippen molar-refractivity contribution in [2.24, 2.45) is 5.41 Å². The Morgan fingerprint density at radius 2 is 1.86 bits per heavy atom. The molecule has 2 N–H and O–H groups in total. The van der Waals surface area contributed by atoms with Gasteiger partial charge in [-0.3, -0.25) is 4.79 Å². The molecule has 2 atom stereocenters. The zero-order valence-corrected chi connectivity index (χ0v) is 13.2. The maximum absolute atomic E-state index is 12.7. The summed E-state index contributed by atoms with van der Waals surface area (Å²) in [4.78, 5) is 11.9. The number of hydrogen-bond donors (Lipinski definition) is 2. The largest absolute Gasteiger partial charge is 0.416 e. The van der Waals surface area contributed by atoms with Gasteiger partial charge in [-0.2, -0.15) is 13.2 Å². The molecule has 0 saturated carbocycles. The monoisotopic (exact) mass is 317 g/mol. The van der Waals surface area contributed by atoms with Crippen LogP contribution in [-0.4, -0.2) is 17.1 Å². The molecule has 1 rings (SSSR count). The maximum atomic E-state index is 12.7. The van der Waals surface area contributed by atoms with E-state index in [-0.39, 0.29) is 6.42 Å². The van der Waals surface area contributed by atoms with Crippen LogP contribution in [0.2, 0.25) is 0 Å². The second-order valence-corrected chi connectivity index (χ2v) is 6.50. The van der Waals surface area contributed by atoms with Crippen molar-refractivity contribution >= 4 is 5.91 Å². The van der Waals surface area contributed by atoms with E-state index in [2.05, 4.69) is 5.32 Å². The third-order valence-electron chi connectivity index (χ3n) is 3.47. The fourth-order valence-electron chi connectivity index (χ4n) is 1.85. The highest BCUT2D eigenvalue weighted by Gasteiger charge is 2.31. The molecule has 3 nitrogen and oxygen atoms in total. The molecule has 0 saturated heterocycles. The quantitative estimate of drug-likeness (QED) is 0.890. The van der Waals surface area contributed by atoms with Crippen molar-refractivity contribution < 1.29 is 23.1 Å². The Hall–Kier alpha value is -1.56. The summed E-state index contributed by atoms with van der Waals surface area (Å²) < 4.78 is 38.0. The highest BCUT2D eigenvalue weighted by molar-refractivity contribution is 5.77. The Morgan fingerprint density at radius 1 is 1.27 bits per heavy atom. The molecule has 0 unspecified atom stereocenters. The van der Waals surface area contributed by atoms with E-state index < -0.39 is 35.2 Å². The van der Waals surface area contributed by atoms with E-state index in [1.807, 2.05) is 0 Å². The number of hydrogen-bond acceptors (Lipinski definition) is 2. The maximum Gasteiger partial charge on any atom is 0.416 e. The van der Waals surface area contributed by atoms with Crippen LogP contribution in [-0.2, 0) is 11.0 Å². The third kappa shape index (κ3) is 5.33. The van der Waals surface area contributed by atoms with E-state index in [0.29, 0.717) is 5.56 Å². The van der Waals surface area contributed by atoms with Crippen LogP contribution in [0, 0.1) is 5.41 Å². The van der Waals surface area contributed by atoms with Gasteiger partial charge in [-0.15, -0.1) is 0 Å². The highest BCUT2D eigenvalue weighted by atomic mass is 19.4. The summed E-state index contributed by atoms with van der Waals surface area (Å²) in [6.45, 7) is 7.03. The van der Waals surface area contributed by atoms with E-state index in [0.717, 1.165) is 12.1 Å². The van der Waals surface area contributed by atoms with Gasteiger partial charge in [0, 0.05) is 0 Å². The molecule has 0 bridgehead atoms. The number of aliphatic hydroxyl groups excluding tert-OH is 1. The minimum Gasteiger partial charge on any atom is -0.392 e. The molecule has 22 heavy (non-hydrogen) atoms. The Balaban J connectivity index is 2.73. The van der Waals surface area contributed by atoms with Crippen molar-refractivity contribution in [3.05, 3.63) is 35.4 Å². The zero-order valence-electron chi connectivity index (χ0n) is 13.2. The van der Waals surface area contributed by atoms with Crippen molar-refractivity contribution in [2.75, 3.05) is 0 Å². The van der Waals surface area contributed by atoms with E-state index >= 15 is 0 Å². The van der Waals surface area contributed by atoms with Crippen molar-refractivity contribution in [3.63, 3.8) is 0 Å². The molecule has 1 amide bonds. The average molecular weight is 317 g/mol. The second kappa shape index (κ2) is 6.69. The minimum atomic E-state index is -4.41. The number of carbonyl (C=O) groups is 1. The molecule has 124 valence electrons. The molecule has 0 aliphatic heterocycles. The summed E-state index contributed by atoms with van der Waals surface area (Å²) in [7, 11) is 0. The molecule has 0 aromatic heterocycles. The van der Waals surface area contributed by atoms with Crippen LogP contribution in [0.3, 0.4) is 0 Å². The number of carbonyl (C=O) groups excluding carboxylic acids is 1. The van der Waals surface area contributed by atoms with Crippen LogP contribution in [0.5, 0.6) is 0 Å². The minimum absolute atomic E-state index is 0.0905. The summed E-state index contributed by atoms with van der Waals surface area (Å²) in [5, 5.41) is 12.5. The Bertz CT molecular complexity index is 521. The predicted octanol–water partition coefficient (Wildman–Crippen LogP) is 3.68. The lowest BCUT2D eigenvalue weighted by molar-refractivity contribution is -0.137. The number of nitrogens with one attached hydrogen (secondary N) is 1. The smallest absolute Gasteiger partial charge is 0.392 e. The van der Waals surface area contributed by atoms with Crippen molar-refractivity contribution in [3.8, 4) is 0 Å². The molecular formula is C16H22F3NO2. The van der Waals surface area contributed by atoms with Gasteiger partial charge in [-0.05, 0) is 30.0 Å². The molecule has 1 aromatic carbocycles. The normalized spacial score (nSPS) is 15.3. The number of halogens is 3. The number of alkyl halides is 3. The molecule has 6 heteroatoms. The van der Waals surface area contributed by atoms with E-state index in [4.69, 9.17) is 0 Å². The van der Waals surface area contributed by atoms with Crippen LogP contribution < -0.4 is 5.32 Å². The molecule has 1 aromatic rings. The summed E-state index contributed by atoms with van der Waals surface area (Å²) >= 11 is 0. The van der Waals surface area contributed by atoms with Crippen LogP contribution in [0.25, 0.3) is 0 Å². The van der Waals surface area contributed by atoms with Gasteiger partial charge < -0.3 is 10.4 Å². The number of benzene rings is 1. The van der Waals surface area contributed by atoms with Crippen molar-refractivity contribution in [1.29, 1.82) is 0 Å². The number of rotatable bonds is 4. The Labute approximate surface area is 128 Å². The first-order valence-electron chi connectivity index (χ1n) is 7.06. The topological polar surface area (TPSA) is 49.3 Å². The SMILES string of the molecule is C[C@H](NC(=O)C[C@H](O)C(C)(C)C)c1cccc(C(F)(F)F)c1. The lowest BCUT2D eigenvalue weighted by atomic mass is 9.87. The van der Waals surface area contributed by atoms with Gasteiger partial charge in [0.2, 0.25) is 5.91 Å². The van der Waals surface area contributed by atoms with Gasteiger partial charge in [0.1, 0.15) is 0 Å². The first-order chi connectivity index (χ1) is 9.91. The second-order valence-electron chi connectivity index (χ2n) is 6.50. The fraction of sp³-hybridized carbons (Fsp3) is 0.562. The fourth-order valence-corrected chi connectivity index (χ4v) is 1.85. The van der Waals surface area contributed by atoms with Gasteiger partial charge in [0.05, 0.1) is 24.1 Å². The summed E-state index contributed by atoms with van der Waals surface area (Å²) in [5.74, 6) is -0.396.